The van der Waals surface area contributed by atoms with Gasteiger partial charge in [0.25, 0.3) is 41.4 Å². The van der Waals surface area contributed by atoms with E-state index >= 15 is 0 Å². The Morgan fingerprint density at radius 3 is 1.48 bits per heavy atom. The maximum atomic E-state index is 13.8. The molecule has 12 saturated carbocycles. The summed E-state index contributed by atoms with van der Waals surface area (Å²) in [6.07, 6.45) is 9.31. The number of ketones is 2. The first-order chi connectivity index (χ1) is 70.5. The molecule has 16 aliphatic rings. The number of rotatable bonds is 31. The Morgan fingerprint density at radius 2 is 0.946 bits per heavy atom. The van der Waals surface area contributed by atoms with E-state index < -0.39 is 76.9 Å². The number of methoxy groups -OCH3 is 1. The van der Waals surface area contributed by atoms with Gasteiger partial charge in [-0.15, -0.1) is 0 Å². The summed E-state index contributed by atoms with van der Waals surface area (Å²) in [5.74, 6) is -1.08. The van der Waals surface area contributed by atoms with Crippen LogP contribution in [-0.4, -0.2) is 210 Å². The minimum Gasteiger partial charge on any atom is -0.484 e. The second kappa shape index (κ2) is 44.1. The number of carbonyl (C=O) groups excluding carboxylic acids is 10. The Bertz CT molecular complexity index is 6380. The molecule has 5 unspecified atom stereocenters. The number of hydrogen-bond donors (Lipinski definition) is 9. The van der Waals surface area contributed by atoms with Crippen LogP contribution in [0.3, 0.4) is 0 Å². The van der Waals surface area contributed by atoms with Crippen LogP contribution in [0.4, 0.5) is 28.9 Å². The third-order valence-electron chi connectivity index (χ3n) is 30.7. The maximum absolute atomic E-state index is 13.8. The van der Waals surface area contributed by atoms with Crippen molar-refractivity contribution in [2.45, 2.75) is 245 Å². The topological polar surface area (TPSA) is 411 Å². The molecule has 0 saturated heterocycles. The number of nitrogens with one attached hydrogen (secondary N) is 7. The lowest BCUT2D eigenvalue weighted by Gasteiger charge is -2.70. The third-order valence-corrected chi connectivity index (χ3v) is 31.9. The Morgan fingerprint density at radius 1 is 0.480 bits per heavy atom. The highest BCUT2D eigenvalue weighted by atomic mass is 35.5. The zero-order chi connectivity index (χ0) is 105. The lowest BCUT2D eigenvalue weighted by Crippen LogP contribution is -2.84. The average molecular weight is 2150 g/mol. The van der Waals surface area contributed by atoms with Gasteiger partial charge in [-0.2, -0.15) is 0 Å². The van der Waals surface area contributed by atoms with Crippen molar-refractivity contribution in [1.82, 2.24) is 47.2 Å². The van der Waals surface area contributed by atoms with Crippen LogP contribution in [0.25, 0.3) is 0 Å². The molecule has 1 aromatic heterocycles. The van der Waals surface area contributed by atoms with Crippen molar-refractivity contribution in [2.24, 2.45) is 10.8 Å². The van der Waals surface area contributed by atoms with Gasteiger partial charge in [0.05, 0.1) is 78.5 Å². The van der Waals surface area contributed by atoms with E-state index in [4.69, 9.17) is 101 Å². The minimum atomic E-state index is -1.24. The Hall–Kier alpha value is -11.7. The molecular weight excluding hydrogens is 2030 g/mol. The van der Waals surface area contributed by atoms with Gasteiger partial charge in [0, 0.05) is 123 Å². The summed E-state index contributed by atoms with van der Waals surface area (Å²) in [5, 5.41) is 45.2. The fraction of sp³-hybridized carbons (Fsp3) is 0.477. The van der Waals surface area contributed by atoms with E-state index in [9.17, 15) is 75.7 Å². The number of ether oxygens (including phenoxy) is 9. The predicted octanol–water partition coefficient (Wildman–Crippen LogP) is 15.0. The SMILES string of the molecule is CC(=O)N1CC(C(=O)CC23CC(NC(=O)COc4ccc(Cl)c(F)c4)(C2)C3)Oc2ccc(Cl)cc21.CC(F)c1cnc(C(=O)NC23CCC(NC(=O)[C@H]4C[C@@H](O)c5cc(Cl)ccc5O4)(CC2)CC3)cn1.CNC1CC(C(=O)CC23CCC(NC(=O)COc4ccc(C)c(F)c4)(CC2)[C@@H](O)C3)Oc2ccc(Cl)cc21.COCCOCC(=O)N1CC(C(=O)NC23CC(NC(=O)COc4ccc(C)c(F)c4)(C2)C3)Oc2ccc(Cl)cc21. The van der Waals surface area contributed by atoms with Gasteiger partial charge in [0.15, 0.2) is 55.8 Å². The molecule has 9 N–H and O–H groups in total. The summed E-state index contributed by atoms with van der Waals surface area (Å²) in [5.41, 5.74) is 0.858. The molecule has 41 heteroatoms. The number of aryl methyl sites for hydroxylation is 2. The van der Waals surface area contributed by atoms with Crippen molar-refractivity contribution < 1.29 is 118 Å². The molecule has 7 aromatic carbocycles. The first-order valence-corrected chi connectivity index (χ1v) is 51.2. The van der Waals surface area contributed by atoms with Crippen LogP contribution < -0.4 is 80.2 Å². The minimum absolute atomic E-state index is 0.000545. The van der Waals surface area contributed by atoms with Gasteiger partial charge >= 0.3 is 0 Å². The summed E-state index contributed by atoms with van der Waals surface area (Å²) in [7, 11) is 3.40. The van der Waals surface area contributed by atoms with Crippen molar-refractivity contribution in [2.75, 3.05) is 76.7 Å². The summed E-state index contributed by atoms with van der Waals surface area (Å²) in [6, 6.07) is 33.2. The van der Waals surface area contributed by atoms with E-state index in [-0.39, 0.29) is 179 Å². The van der Waals surface area contributed by atoms with Gasteiger partial charge in [0.1, 0.15) is 76.2 Å². The summed E-state index contributed by atoms with van der Waals surface area (Å²) < 4.78 is 105. The predicted molar refractivity (Wildman–Crippen MR) is 537 cm³/mol. The number of fused-ring (bicyclic) bond motifs is 10. The quantitative estimate of drug-likeness (QED) is 0.0144. The number of aliphatic hydroxyl groups is 2. The number of amides is 8. The van der Waals surface area contributed by atoms with Gasteiger partial charge in [-0.1, -0.05) is 70.1 Å². The Balaban J connectivity index is 0.000000135. The lowest BCUT2D eigenvalue weighted by molar-refractivity contribution is -0.175. The van der Waals surface area contributed by atoms with Crippen LogP contribution in [0.5, 0.6) is 40.2 Å². The molecule has 8 atom stereocenters. The fourth-order valence-electron chi connectivity index (χ4n) is 22.9. The molecule has 12 aliphatic carbocycles. The number of halogens is 9. The second-order valence-electron chi connectivity index (χ2n) is 41.4. The van der Waals surface area contributed by atoms with Crippen LogP contribution >= 0.6 is 58.0 Å². The number of aliphatic hydroxyl groups excluding tert-OH is 2. The van der Waals surface area contributed by atoms with Gasteiger partial charge in [-0.05, 0) is 256 Å². The molecular formula is C107H116Cl5F4N11O21. The zero-order valence-electron chi connectivity index (χ0n) is 82.2. The lowest BCUT2D eigenvalue weighted by atomic mass is 9.38. The van der Waals surface area contributed by atoms with Crippen molar-refractivity contribution >= 4 is 128 Å². The van der Waals surface area contributed by atoms with Crippen LogP contribution in [0.2, 0.25) is 25.1 Å². The molecule has 0 spiro atoms. The van der Waals surface area contributed by atoms with E-state index in [1.165, 1.54) is 60.3 Å². The van der Waals surface area contributed by atoms with Gasteiger partial charge in [-0.25, -0.2) is 22.5 Å². The summed E-state index contributed by atoms with van der Waals surface area (Å²) >= 11 is 30.0. The first kappa shape index (κ1) is 108. The van der Waals surface area contributed by atoms with E-state index in [2.05, 4.69) is 47.2 Å². The summed E-state index contributed by atoms with van der Waals surface area (Å²) in [4.78, 5) is 139. The van der Waals surface area contributed by atoms with Gasteiger partial charge < -0.3 is 99.9 Å². The number of nitrogens with zero attached hydrogens (tertiary/aromatic N) is 4. The monoisotopic (exact) mass is 2140 g/mol. The van der Waals surface area contributed by atoms with Crippen molar-refractivity contribution in [3.63, 3.8) is 0 Å². The van der Waals surface area contributed by atoms with Crippen LogP contribution in [0.15, 0.2) is 140 Å². The third kappa shape index (κ3) is 24.2. The second-order valence-corrected chi connectivity index (χ2v) is 43.6. The molecule has 8 amide bonds. The van der Waals surface area contributed by atoms with Crippen molar-refractivity contribution in [1.29, 1.82) is 0 Å². The van der Waals surface area contributed by atoms with Crippen LogP contribution in [-0.2, 0) is 52.6 Å². The molecule has 4 aliphatic heterocycles. The fourth-order valence-corrected chi connectivity index (χ4v) is 23.7. The number of alkyl halides is 1. The Kier molecular flexibility index (Phi) is 32.0. The summed E-state index contributed by atoms with van der Waals surface area (Å²) in [6.45, 7) is 5.95. The van der Waals surface area contributed by atoms with E-state index in [0.717, 1.165) is 63.0 Å². The average Bonchev–Trinajstić information content (AvgIpc) is 0.682. The largest absolute Gasteiger partial charge is 0.484 e. The normalized spacial score (nSPS) is 27.4. The van der Waals surface area contributed by atoms with Crippen molar-refractivity contribution in [3.05, 3.63) is 216 Å². The standard InChI is InChI=1S/C29H34ClFN2O5.C28H31ClFN3O7.C25H23Cl2FN2O5.C25H28ClFN4O4/c1-17-3-5-19(12-21(17)31)37-16-27(36)33-29-9-7-28(8-10-29,15-26(29)35)14-23(34)25-13-22(32-2)20-11-18(30)4-6-24(20)38-25;1-17-3-5-19(10-20(17)30)39-12-24(34)31-27-14-28(15-27,16-27)32-26(36)23-11-33(25(35)13-38-8-7-37-2)21-9-18(29)4-6-22(21)40-23;1-14(31)30-9-22(35-21-5-2-15(26)6-19(21)30)20(32)8-24-11-25(12-24,13-24)29-23(33)10-34-16-3-4-17(27)18(28)7-16;1-14(27)17-12-29-18(13-28-17)22(33)30-24-4-7-25(8-5-24,9-6-24)31-23(34)21-11-19(32)16-10-15(26)2-3-20(16)35-21/h3-6,11-12,22,25-26,32,35H,7-10,13-16H2,1-2H3,(H,33,36);3-6,9-10,23H,7-8,11-16H2,1-2H3,(H,31,34)(H,32,36);2-7,22H,8-13H2,1H3,(H,29,33);2-3,10,12-14,19,21,32H,4-9,11H2,1H3,(H,30,33)(H,31,34)/t22?,25?,26-,28?,29?;;;14?,19-,21-,24?,25?/m0..1/s1. The number of hydrogen-bond acceptors (Lipinski definition) is 24. The van der Waals surface area contributed by atoms with E-state index in [1.54, 1.807) is 112 Å². The highest BCUT2D eigenvalue weighted by Gasteiger charge is 2.71. The van der Waals surface area contributed by atoms with Crippen LogP contribution in [0, 0.1) is 42.1 Å². The highest BCUT2D eigenvalue weighted by Crippen LogP contribution is 2.69. The molecule has 5 heterocycles. The number of benzene rings is 7. The number of carbonyl (C=O) groups is 10. The highest BCUT2D eigenvalue weighted by molar-refractivity contribution is 6.32. The van der Waals surface area contributed by atoms with Gasteiger partial charge in [0.2, 0.25) is 5.91 Å². The van der Waals surface area contributed by atoms with Gasteiger partial charge in [-0.3, -0.25) is 52.9 Å². The number of aromatic nitrogens is 2. The molecule has 12 fully saturated rings. The first-order valence-electron chi connectivity index (χ1n) is 49.3. The van der Waals surface area contributed by atoms with Crippen molar-refractivity contribution in [3.8, 4) is 40.2 Å². The zero-order valence-corrected chi connectivity index (χ0v) is 86.0. The Labute approximate surface area is 876 Å². The molecule has 8 aromatic rings. The maximum Gasteiger partial charge on any atom is 0.271 e. The number of anilines is 2. The van der Waals surface area contributed by atoms with E-state index in [1.807, 2.05) is 13.1 Å². The molecule has 788 valence electrons. The molecule has 24 rings (SSSR count). The van der Waals surface area contributed by atoms with Crippen LogP contribution in [0.1, 0.15) is 205 Å². The molecule has 148 heavy (non-hydrogen) atoms. The molecule has 8 bridgehead atoms. The van der Waals surface area contributed by atoms with E-state index in [0.29, 0.717) is 155 Å². The molecule has 0 radical (unpaired) electrons. The number of Topliss-reactive ketones (excluding diaryl/α,β-unsaturated/α-hetero) is 2. The molecule has 32 nitrogen and oxygen atoms in total. The smallest absolute Gasteiger partial charge is 0.271 e.